The van der Waals surface area contributed by atoms with Crippen LogP contribution in [-0.4, -0.2) is 19.9 Å². The number of hydrogen-bond donors (Lipinski definition) is 2. The van der Waals surface area contributed by atoms with Gasteiger partial charge in [-0.3, -0.25) is 0 Å². The first-order valence-corrected chi connectivity index (χ1v) is 10.9. The highest BCUT2D eigenvalue weighted by atomic mass is 32.2. The molecule has 148 valence electrons. The predicted octanol–water partition coefficient (Wildman–Crippen LogP) is 6.81. The van der Waals surface area contributed by atoms with Gasteiger partial charge in [0.15, 0.2) is 0 Å². The van der Waals surface area contributed by atoms with Crippen molar-refractivity contribution in [2.24, 2.45) is 0 Å². The summed E-state index contributed by atoms with van der Waals surface area (Å²) in [5.41, 5.74) is 7.82. The summed E-state index contributed by atoms with van der Waals surface area (Å²) in [4.78, 5) is 18.9. The van der Waals surface area contributed by atoms with Crippen LogP contribution in [0.5, 0.6) is 0 Å². The zero-order valence-corrected chi connectivity index (χ0v) is 17.4. The summed E-state index contributed by atoms with van der Waals surface area (Å²) in [7, 11) is 0. The third-order valence-electron chi connectivity index (χ3n) is 5.13. The van der Waals surface area contributed by atoms with E-state index in [2.05, 4.69) is 101 Å². The van der Waals surface area contributed by atoms with Crippen LogP contribution in [0.1, 0.15) is 22.8 Å². The van der Waals surface area contributed by atoms with Gasteiger partial charge in [-0.2, -0.15) is 0 Å². The van der Waals surface area contributed by atoms with Crippen molar-refractivity contribution < 1.29 is 0 Å². The summed E-state index contributed by atoms with van der Waals surface area (Å²) in [5, 5.41) is 0. The molecule has 31 heavy (non-hydrogen) atoms. The van der Waals surface area contributed by atoms with E-state index in [1.165, 1.54) is 0 Å². The second-order valence-electron chi connectivity index (χ2n) is 7.43. The molecule has 0 atom stereocenters. The Morgan fingerprint density at radius 2 is 1.06 bits per heavy atom. The van der Waals surface area contributed by atoms with Crippen LogP contribution in [0, 0.1) is 0 Å². The fourth-order valence-corrected chi connectivity index (χ4v) is 4.66. The molecule has 0 spiro atoms. The highest BCUT2D eigenvalue weighted by Gasteiger charge is 2.13. The second kappa shape index (κ2) is 7.45. The summed E-state index contributed by atoms with van der Waals surface area (Å²) in [6.45, 7) is 0. The summed E-state index contributed by atoms with van der Waals surface area (Å²) in [5.74, 6) is 0. The number of aromatic nitrogens is 4. The molecular weight excluding hydrogens is 400 g/mol. The van der Waals surface area contributed by atoms with Gasteiger partial charge < -0.3 is 9.97 Å². The zero-order chi connectivity index (χ0) is 20.6. The first kappa shape index (κ1) is 18.0. The van der Waals surface area contributed by atoms with Crippen LogP contribution in [0.15, 0.2) is 82.6 Å². The molecule has 0 amide bonds. The lowest BCUT2D eigenvalue weighted by Gasteiger charge is -2.04. The van der Waals surface area contributed by atoms with E-state index in [9.17, 15) is 0 Å². The van der Waals surface area contributed by atoms with Crippen LogP contribution in [0.25, 0.3) is 46.4 Å². The van der Waals surface area contributed by atoms with Gasteiger partial charge in [0.2, 0.25) is 0 Å². The third-order valence-corrected chi connectivity index (χ3v) is 6.26. The molecule has 0 saturated heterocycles. The van der Waals surface area contributed by atoms with Crippen LogP contribution in [0.3, 0.4) is 0 Å². The largest absolute Gasteiger partial charge is 0.355 e. The van der Waals surface area contributed by atoms with Crippen LogP contribution in [0.4, 0.5) is 0 Å². The fourth-order valence-electron chi connectivity index (χ4n) is 3.69. The number of rotatable bonds is 2. The van der Waals surface area contributed by atoms with E-state index >= 15 is 0 Å². The highest BCUT2D eigenvalue weighted by molar-refractivity contribution is 7.99. The molecule has 2 aliphatic rings. The maximum atomic E-state index is 4.90. The molecule has 3 aromatic heterocycles. The average Bonchev–Trinajstić information content (AvgIpc) is 3.57. The molecule has 0 unspecified atom stereocenters. The Hall–Kier alpha value is -3.83. The number of nitrogens with one attached hydrogen (secondary N) is 2. The van der Waals surface area contributed by atoms with Crippen molar-refractivity contribution >= 4 is 58.1 Å². The van der Waals surface area contributed by atoms with Crippen molar-refractivity contribution in [3.63, 3.8) is 0 Å². The molecule has 4 aromatic rings. The van der Waals surface area contributed by atoms with Gasteiger partial charge in [0.1, 0.15) is 0 Å². The van der Waals surface area contributed by atoms with Gasteiger partial charge in [0, 0.05) is 27.0 Å². The molecule has 5 heterocycles. The zero-order valence-electron chi connectivity index (χ0n) is 16.5. The van der Waals surface area contributed by atoms with Gasteiger partial charge in [0.25, 0.3) is 0 Å². The summed E-state index contributed by atoms with van der Waals surface area (Å²) in [6.07, 6.45) is 8.24. The van der Waals surface area contributed by atoms with Crippen molar-refractivity contribution in [3.05, 3.63) is 95.6 Å². The monoisotopic (exact) mass is 418 g/mol. The quantitative estimate of drug-likeness (QED) is 0.325. The molecule has 6 rings (SSSR count). The number of benzene rings is 1. The smallest absolute Gasteiger partial charge is 0.0799 e. The molecule has 2 N–H and O–H groups in total. The van der Waals surface area contributed by atoms with E-state index in [1.807, 2.05) is 6.07 Å². The van der Waals surface area contributed by atoms with E-state index in [4.69, 9.17) is 9.97 Å². The minimum Gasteiger partial charge on any atom is -0.355 e. The highest BCUT2D eigenvalue weighted by Crippen LogP contribution is 2.35. The van der Waals surface area contributed by atoms with Crippen LogP contribution in [-0.2, 0) is 0 Å². The van der Waals surface area contributed by atoms with E-state index in [0.717, 1.165) is 54.6 Å². The maximum absolute atomic E-state index is 4.90. The first-order valence-electron chi connectivity index (χ1n) is 10.1. The van der Waals surface area contributed by atoms with Crippen molar-refractivity contribution in [1.82, 2.24) is 19.9 Å². The predicted molar refractivity (Wildman–Crippen MR) is 129 cm³/mol. The normalized spacial score (nSPS) is 12.4. The van der Waals surface area contributed by atoms with E-state index < -0.39 is 0 Å². The van der Waals surface area contributed by atoms with E-state index in [1.54, 1.807) is 11.8 Å². The van der Waals surface area contributed by atoms with Gasteiger partial charge in [0.05, 0.1) is 27.7 Å². The number of fused-ring (bicyclic) bond motifs is 8. The third kappa shape index (κ3) is 3.71. The molecule has 0 fully saturated rings. The van der Waals surface area contributed by atoms with Crippen molar-refractivity contribution in [3.8, 4) is 0 Å². The molecular formula is C26H18N4S. The minimum atomic E-state index is 0.919. The molecule has 1 aromatic carbocycles. The van der Waals surface area contributed by atoms with Gasteiger partial charge in [-0.25, -0.2) is 9.97 Å². The molecule has 4 nitrogen and oxygen atoms in total. The number of aromatic amines is 2. The van der Waals surface area contributed by atoms with Gasteiger partial charge >= 0.3 is 0 Å². The summed E-state index contributed by atoms with van der Waals surface area (Å²) in [6, 6.07) is 24.9. The lowest BCUT2D eigenvalue weighted by molar-refractivity contribution is 1.17. The lowest BCUT2D eigenvalue weighted by Crippen LogP contribution is -1.86. The molecule has 0 aliphatic carbocycles. The topological polar surface area (TPSA) is 57.4 Å². The Kier molecular flexibility index (Phi) is 4.32. The van der Waals surface area contributed by atoms with E-state index in [0.29, 0.717) is 0 Å². The van der Waals surface area contributed by atoms with Crippen molar-refractivity contribution in [2.75, 3.05) is 0 Å². The van der Waals surface area contributed by atoms with Crippen molar-refractivity contribution in [2.45, 2.75) is 9.79 Å². The fraction of sp³-hybridized carbons (Fsp3) is 0. The van der Waals surface area contributed by atoms with Crippen LogP contribution in [0.2, 0.25) is 0 Å². The van der Waals surface area contributed by atoms with Gasteiger partial charge in [-0.15, -0.1) is 0 Å². The molecule has 0 saturated carbocycles. The minimum absolute atomic E-state index is 0.919. The summed E-state index contributed by atoms with van der Waals surface area (Å²) < 4.78 is 0. The Labute approximate surface area is 183 Å². The average molecular weight is 419 g/mol. The Bertz CT molecular complexity index is 1420. The second-order valence-corrected chi connectivity index (χ2v) is 8.51. The standard InChI is InChI=1S/C26H18N4S/c1-2-4-23(5-3-1)31-26-24-12-10-21(29-24)15-19-8-6-17(27-19)14-18-7-9-20(28-18)16-22-11-13-25(26)30-22/h1-16,27-28H. The first-order chi connectivity index (χ1) is 15.3. The van der Waals surface area contributed by atoms with Crippen LogP contribution < -0.4 is 0 Å². The number of H-pyrrole nitrogens is 2. The molecule has 8 bridgehead atoms. The molecule has 0 radical (unpaired) electrons. The summed E-state index contributed by atoms with van der Waals surface area (Å²) >= 11 is 1.69. The van der Waals surface area contributed by atoms with Gasteiger partial charge in [-0.05, 0) is 78.9 Å². The Morgan fingerprint density at radius 1 is 0.548 bits per heavy atom. The van der Waals surface area contributed by atoms with Crippen molar-refractivity contribution in [1.29, 1.82) is 0 Å². The van der Waals surface area contributed by atoms with Gasteiger partial charge in [-0.1, -0.05) is 30.0 Å². The lowest BCUT2D eigenvalue weighted by atomic mass is 10.3. The Morgan fingerprint density at radius 3 is 1.61 bits per heavy atom. The number of nitrogens with zero attached hydrogens (tertiary/aromatic N) is 2. The molecule has 2 aliphatic heterocycles. The Balaban J connectivity index is 1.64. The maximum Gasteiger partial charge on any atom is 0.0799 e. The SMILES string of the molecule is C1=Cc2nc1cc1ccc(cc3ccc(cc4nc(c2Sc2ccccc2)C=C4)[nH]3)[nH]1. The molecule has 5 heteroatoms. The number of hydrogen-bond acceptors (Lipinski definition) is 3. The van der Waals surface area contributed by atoms with E-state index in [-0.39, 0.29) is 0 Å². The van der Waals surface area contributed by atoms with Crippen LogP contribution >= 0.6 is 11.8 Å².